The molecule has 0 aliphatic carbocycles. The van der Waals surface area contributed by atoms with Gasteiger partial charge in [0.05, 0.1) is 25.5 Å². The molecule has 0 fully saturated rings. The number of carbonyl (C=O) groups excluding carboxylic acids is 1. The second-order valence-corrected chi connectivity index (χ2v) is 4.29. The summed E-state index contributed by atoms with van der Waals surface area (Å²) in [6.45, 7) is 0.473. The average Bonchev–Trinajstić information content (AvgIpc) is 2.86. The summed E-state index contributed by atoms with van der Waals surface area (Å²) in [5.74, 6) is 0.369. The van der Waals surface area contributed by atoms with Gasteiger partial charge in [-0.1, -0.05) is 0 Å². The Morgan fingerprint density at radius 2 is 2.28 bits per heavy atom. The second kappa shape index (κ2) is 5.68. The lowest BCUT2D eigenvalue weighted by Crippen LogP contribution is -2.00. The molecule has 0 amide bonds. The zero-order valence-electron chi connectivity index (χ0n) is 9.64. The van der Waals surface area contributed by atoms with Gasteiger partial charge in [0, 0.05) is 0 Å². The predicted molar refractivity (Wildman–Crippen MR) is 69.3 cm³/mol. The molecule has 2 heterocycles. The molecule has 0 aliphatic rings. The van der Waals surface area contributed by atoms with Crippen LogP contribution in [0.1, 0.15) is 16.3 Å². The van der Waals surface area contributed by atoms with E-state index in [1.54, 1.807) is 18.3 Å². The Kier molecular flexibility index (Phi) is 3.99. The molecule has 1 N–H and O–H groups in total. The zero-order valence-corrected chi connectivity index (χ0v) is 11.2. The van der Waals surface area contributed by atoms with Crippen molar-refractivity contribution in [1.29, 1.82) is 0 Å². The van der Waals surface area contributed by atoms with Gasteiger partial charge in [-0.3, -0.25) is 0 Å². The summed E-state index contributed by atoms with van der Waals surface area (Å²) in [7, 11) is 1.32. The highest BCUT2D eigenvalue weighted by atomic mass is 79.9. The smallest absolute Gasteiger partial charge is 0.373 e. The number of ether oxygens (including phenoxy) is 1. The number of hydrogen-bond donors (Lipinski definition) is 1. The number of methoxy groups -OCH3 is 1. The summed E-state index contributed by atoms with van der Waals surface area (Å²) in [4.78, 5) is 15.3. The molecular formula is C12H11BrN2O3. The Bertz CT molecular complexity index is 537. The third-order valence-electron chi connectivity index (χ3n) is 2.24. The minimum Gasteiger partial charge on any atom is -0.463 e. The quantitative estimate of drug-likeness (QED) is 0.695. The number of furan rings is 1. The standard InChI is InChI=1S/C12H11BrN2O3/c1-17-12(16)10-4-3-9(18-10)7-14-8-2-5-11(13)15-6-8/h2-6,14H,7H2,1H3. The second-order valence-electron chi connectivity index (χ2n) is 3.48. The summed E-state index contributed by atoms with van der Waals surface area (Å²) in [6.07, 6.45) is 1.70. The van der Waals surface area contributed by atoms with Crippen molar-refractivity contribution in [3.05, 3.63) is 46.6 Å². The van der Waals surface area contributed by atoms with E-state index in [-0.39, 0.29) is 5.76 Å². The Morgan fingerprint density at radius 1 is 1.44 bits per heavy atom. The maximum absolute atomic E-state index is 11.2. The Balaban J connectivity index is 1.96. The highest BCUT2D eigenvalue weighted by molar-refractivity contribution is 9.10. The Morgan fingerprint density at radius 3 is 2.94 bits per heavy atom. The number of nitrogens with one attached hydrogen (secondary N) is 1. The minimum atomic E-state index is -0.480. The number of esters is 1. The van der Waals surface area contributed by atoms with Gasteiger partial charge in [0.2, 0.25) is 5.76 Å². The van der Waals surface area contributed by atoms with Gasteiger partial charge in [0.1, 0.15) is 10.4 Å². The third-order valence-corrected chi connectivity index (χ3v) is 2.71. The van der Waals surface area contributed by atoms with Crippen LogP contribution in [-0.4, -0.2) is 18.1 Å². The first-order chi connectivity index (χ1) is 8.69. The minimum absolute atomic E-state index is 0.197. The number of pyridine rings is 1. The van der Waals surface area contributed by atoms with Gasteiger partial charge >= 0.3 is 5.97 Å². The SMILES string of the molecule is COC(=O)c1ccc(CNc2ccc(Br)nc2)o1. The number of rotatable bonds is 4. The lowest BCUT2D eigenvalue weighted by molar-refractivity contribution is 0.0563. The van der Waals surface area contributed by atoms with E-state index in [0.717, 1.165) is 10.3 Å². The summed E-state index contributed by atoms with van der Waals surface area (Å²) in [5, 5.41) is 3.13. The fraction of sp³-hybridized carbons (Fsp3) is 0.167. The van der Waals surface area contributed by atoms with Crippen molar-refractivity contribution in [2.45, 2.75) is 6.54 Å². The van der Waals surface area contributed by atoms with Crippen molar-refractivity contribution in [3.63, 3.8) is 0 Å². The molecule has 2 aromatic heterocycles. The van der Waals surface area contributed by atoms with Gasteiger partial charge < -0.3 is 14.5 Å². The Labute approximate surface area is 112 Å². The topological polar surface area (TPSA) is 64.4 Å². The van der Waals surface area contributed by atoms with Crippen molar-refractivity contribution in [2.24, 2.45) is 0 Å². The molecule has 0 unspecified atom stereocenters. The van der Waals surface area contributed by atoms with Crippen LogP contribution in [0.5, 0.6) is 0 Å². The summed E-state index contributed by atoms with van der Waals surface area (Å²) in [6, 6.07) is 7.04. The molecule has 18 heavy (non-hydrogen) atoms. The molecule has 0 radical (unpaired) electrons. The van der Waals surface area contributed by atoms with Gasteiger partial charge in [-0.2, -0.15) is 0 Å². The van der Waals surface area contributed by atoms with Crippen LogP contribution in [0.4, 0.5) is 5.69 Å². The van der Waals surface area contributed by atoms with Crippen LogP contribution in [0.15, 0.2) is 39.5 Å². The van der Waals surface area contributed by atoms with Crippen LogP contribution in [-0.2, 0) is 11.3 Å². The van der Waals surface area contributed by atoms with E-state index in [0.29, 0.717) is 12.3 Å². The third kappa shape index (κ3) is 3.10. The number of nitrogens with zero attached hydrogens (tertiary/aromatic N) is 1. The molecule has 0 aliphatic heterocycles. The normalized spacial score (nSPS) is 10.1. The van der Waals surface area contributed by atoms with Gasteiger partial charge in [-0.25, -0.2) is 9.78 Å². The molecule has 5 nitrogen and oxygen atoms in total. The lowest BCUT2D eigenvalue weighted by Gasteiger charge is -2.03. The molecule has 0 aromatic carbocycles. The maximum atomic E-state index is 11.2. The first-order valence-electron chi connectivity index (χ1n) is 5.21. The lowest BCUT2D eigenvalue weighted by atomic mass is 10.4. The summed E-state index contributed by atoms with van der Waals surface area (Å²) < 4.78 is 10.6. The first-order valence-corrected chi connectivity index (χ1v) is 6.01. The molecule has 2 aromatic rings. The first kappa shape index (κ1) is 12.6. The van der Waals surface area contributed by atoms with Crippen molar-refractivity contribution < 1.29 is 13.9 Å². The highest BCUT2D eigenvalue weighted by Crippen LogP contribution is 2.13. The van der Waals surface area contributed by atoms with Gasteiger partial charge in [-0.05, 0) is 40.2 Å². The molecular weight excluding hydrogens is 300 g/mol. The Hall–Kier alpha value is -1.82. The molecule has 0 atom stereocenters. The van der Waals surface area contributed by atoms with Crippen LogP contribution in [0.2, 0.25) is 0 Å². The summed E-state index contributed by atoms with van der Waals surface area (Å²) >= 11 is 3.26. The zero-order chi connectivity index (χ0) is 13.0. The van der Waals surface area contributed by atoms with Crippen molar-refractivity contribution in [1.82, 2.24) is 4.98 Å². The van der Waals surface area contributed by atoms with E-state index in [2.05, 4.69) is 31.0 Å². The van der Waals surface area contributed by atoms with Gasteiger partial charge in [-0.15, -0.1) is 0 Å². The van der Waals surface area contributed by atoms with E-state index < -0.39 is 5.97 Å². The maximum Gasteiger partial charge on any atom is 0.373 e. The number of carbonyl (C=O) groups is 1. The largest absolute Gasteiger partial charge is 0.463 e. The highest BCUT2D eigenvalue weighted by Gasteiger charge is 2.10. The van der Waals surface area contributed by atoms with E-state index in [1.807, 2.05) is 12.1 Å². The fourth-order valence-corrected chi connectivity index (χ4v) is 1.59. The van der Waals surface area contributed by atoms with E-state index in [4.69, 9.17) is 4.42 Å². The van der Waals surface area contributed by atoms with Crippen LogP contribution in [0.25, 0.3) is 0 Å². The molecule has 6 heteroatoms. The van der Waals surface area contributed by atoms with Crippen LogP contribution in [0, 0.1) is 0 Å². The number of anilines is 1. The van der Waals surface area contributed by atoms with Crippen molar-refractivity contribution in [3.8, 4) is 0 Å². The van der Waals surface area contributed by atoms with Crippen LogP contribution < -0.4 is 5.32 Å². The predicted octanol–water partition coefficient (Wildman–Crippen LogP) is 2.84. The number of halogens is 1. The van der Waals surface area contributed by atoms with Gasteiger partial charge in [0.25, 0.3) is 0 Å². The molecule has 0 saturated carbocycles. The number of aromatic nitrogens is 1. The monoisotopic (exact) mass is 310 g/mol. The van der Waals surface area contributed by atoms with Crippen LogP contribution >= 0.6 is 15.9 Å². The molecule has 2 rings (SSSR count). The fourth-order valence-electron chi connectivity index (χ4n) is 1.35. The summed E-state index contributed by atoms with van der Waals surface area (Å²) in [5.41, 5.74) is 0.870. The molecule has 0 saturated heterocycles. The van der Waals surface area contributed by atoms with E-state index in [9.17, 15) is 4.79 Å². The molecule has 0 bridgehead atoms. The van der Waals surface area contributed by atoms with E-state index in [1.165, 1.54) is 7.11 Å². The van der Waals surface area contributed by atoms with Crippen LogP contribution in [0.3, 0.4) is 0 Å². The molecule has 0 spiro atoms. The number of hydrogen-bond acceptors (Lipinski definition) is 5. The average molecular weight is 311 g/mol. The molecule has 94 valence electrons. The van der Waals surface area contributed by atoms with E-state index >= 15 is 0 Å². The van der Waals surface area contributed by atoms with Gasteiger partial charge in [0.15, 0.2) is 0 Å². The van der Waals surface area contributed by atoms with Crippen molar-refractivity contribution in [2.75, 3.05) is 12.4 Å². The van der Waals surface area contributed by atoms with Crippen molar-refractivity contribution >= 4 is 27.6 Å².